The highest BCUT2D eigenvalue weighted by Gasteiger charge is 2.12. The van der Waals surface area contributed by atoms with Gasteiger partial charge in [0, 0.05) is 17.1 Å². The van der Waals surface area contributed by atoms with E-state index in [0.717, 1.165) is 21.7 Å². The van der Waals surface area contributed by atoms with Crippen molar-refractivity contribution in [3.63, 3.8) is 0 Å². The zero-order chi connectivity index (χ0) is 14.0. The highest BCUT2D eigenvalue weighted by molar-refractivity contribution is 9.10. The van der Waals surface area contributed by atoms with Crippen LogP contribution in [0.25, 0.3) is 0 Å². The van der Waals surface area contributed by atoms with E-state index in [1.165, 1.54) is 0 Å². The van der Waals surface area contributed by atoms with Gasteiger partial charge in [0.15, 0.2) is 5.82 Å². The van der Waals surface area contributed by atoms with Crippen molar-refractivity contribution in [3.05, 3.63) is 39.9 Å². The second-order valence-electron chi connectivity index (χ2n) is 4.37. The average molecular weight is 326 g/mol. The van der Waals surface area contributed by atoms with Crippen LogP contribution in [0, 0.1) is 6.92 Å². The summed E-state index contributed by atoms with van der Waals surface area (Å²) in [6.07, 6.45) is -0.589. The number of aryl methyl sites for hydroxylation is 1. The molecule has 1 aromatic carbocycles. The van der Waals surface area contributed by atoms with E-state index < -0.39 is 6.10 Å². The van der Waals surface area contributed by atoms with Gasteiger partial charge in [-0.1, -0.05) is 15.9 Å². The van der Waals surface area contributed by atoms with E-state index in [2.05, 4.69) is 26.1 Å². The van der Waals surface area contributed by atoms with E-state index >= 15 is 0 Å². The summed E-state index contributed by atoms with van der Waals surface area (Å²) >= 11 is 3.38. The Bertz CT molecular complexity index is 581. The number of halogens is 1. The van der Waals surface area contributed by atoms with Crippen LogP contribution in [0.5, 0.6) is 5.75 Å². The van der Waals surface area contributed by atoms with Crippen molar-refractivity contribution in [2.75, 3.05) is 0 Å². The molecule has 1 heterocycles. The van der Waals surface area contributed by atoms with Gasteiger partial charge in [0.25, 0.3) is 0 Å². The van der Waals surface area contributed by atoms with E-state index in [4.69, 9.17) is 4.74 Å². The molecule has 0 fully saturated rings. The summed E-state index contributed by atoms with van der Waals surface area (Å²) in [5.74, 6) is 2.24. The van der Waals surface area contributed by atoms with Crippen LogP contribution in [0.1, 0.15) is 30.2 Å². The van der Waals surface area contributed by atoms with Gasteiger partial charge in [-0.3, -0.25) is 0 Å². The van der Waals surface area contributed by atoms with Gasteiger partial charge in [-0.25, -0.2) is 0 Å². The summed E-state index contributed by atoms with van der Waals surface area (Å²) in [6, 6.07) is 5.56. The zero-order valence-corrected chi connectivity index (χ0v) is 12.7. The standard InChI is InChI=1S/C13H16BrN3O2/c1-8(18)11-6-10(14)4-5-12(11)19-7-13-16-15-9(2)17(13)3/h4-6,8,18H,7H2,1-3H3. The van der Waals surface area contributed by atoms with Crippen molar-refractivity contribution in [3.8, 4) is 5.75 Å². The third-order valence-electron chi connectivity index (χ3n) is 2.96. The molecule has 0 spiro atoms. The predicted octanol–water partition coefficient (Wildman–Crippen LogP) is 2.52. The minimum absolute atomic E-state index is 0.318. The summed E-state index contributed by atoms with van der Waals surface area (Å²) in [6.45, 7) is 3.91. The minimum atomic E-state index is -0.589. The molecule has 102 valence electrons. The number of ether oxygens (including phenoxy) is 1. The summed E-state index contributed by atoms with van der Waals surface area (Å²) < 4.78 is 8.51. The molecule has 1 atom stereocenters. The summed E-state index contributed by atoms with van der Waals surface area (Å²) in [4.78, 5) is 0. The molecule has 2 rings (SSSR count). The number of aromatic nitrogens is 3. The van der Waals surface area contributed by atoms with Crippen LogP contribution in [-0.2, 0) is 13.7 Å². The Balaban J connectivity index is 2.17. The van der Waals surface area contributed by atoms with Crippen molar-refractivity contribution in [1.29, 1.82) is 0 Å². The molecule has 0 aliphatic carbocycles. The van der Waals surface area contributed by atoms with Gasteiger partial charge in [-0.15, -0.1) is 10.2 Å². The predicted molar refractivity (Wildman–Crippen MR) is 74.8 cm³/mol. The van der Waals surface area contributed by atoms with Crippen LogP contribution in [0.15, 0.2) is 22.7 Å². The van der Waals surface area contributed by atoms with Crippen molar-refractivity contribution >= 4 is 15.9 Å². The highest BCUT2D eigenvalue weighted by atomic mass is 79.9. The fraction of sp³-hybridized carbons (Fsp3) is 0.385. The van der Waals surface area contributed by atoms with Gasteiger partial charge in [-0.2, -0.15) is 0 Å². The molecule has 2 aromatic rings. The quantitative estimate of drug-likeness (QED) is 0.938. The lowest BCUT2D eigenvalue weighted by Crippen LogP contribution is -2.06. The minimum Gasteiger partial charge on any atom is -0.485 e. The smallest absolute Gasteiger partial charge is 0.170 e. The summed E-state index contributed by atoms with van der Waals surface area (Å²) in [5.41, 5.74) is 0.744. The third-order valence-corrected chi connectivity index (χ3v) is 3.45. The molecular formula is C13H16BrN3O2. The molecule has 0 saturated carbocycles. The molecule has 1 N–H and O–H groups in total. The number of hydrogen-bond donors (Lipinski definition) is 1. The van der Waals surface area contributed by atoms with Crippen molar-refractivity contribution in [1.82, 2.24) is 14.8 Å². The third kappa shape index (κ3) is 3.13. The molecule has 0 amide bonds. The van der Waals surface area contributed by atoms with Crippen LogP contribution < -0.4 is 4.74 Å². The maximum absolute atomic E-state index is 9.75. The van der Waals surface area contributed by atoms with Crippen LogP contribution in [0.4, 0.5) is 0 Å². The second kappa shape index (κ2) is 5.71. The van der Waals surface area contributed by atoms with Crippen LogP contribution in [0.3, 0.4) is 0 Å². The largest absolute Gasteiger partial charge is 0.485 e. The molecule has 19 heavy (non-hydrogen) atoms. The first kappa shape index (κ1) is 14.0. The normalized spacial score (nSPS) is 12.5. The lowest BCUT2D eigenvalue weighted by Gasteiger charge is -2.13. The van der Waals surface area contributed by atoms with E-state index in [1.54, 1.807) is 6.92 Å². The highest BCUT2D eigenvalue weighted by Crippen LogP contribution is 2.28. The van der Waals surface area contributed by atoms with Gasteiger partial charge < -0.3 is 14.4 Å². The number of hydrogen-bond acceptors (Lipinski definition) is 4. The van der Waals surface area contributed by atoms with E-state index in [1.807, 2.05) is 36.7 Å². The van der Waals surface area contributed by atoms with Gasteiger partial charge in [0.05, 0.1) is 6.10 Å². The lowest BCUT2D eigenvalue weighted by atomic mass is 10.1. The van der Waals surface area contributed by atoms with Gasteiger partial charge in [0.1, 0.15) is 18.2 Å². The average Bonchev–Trinajstić information content (AvgIpc) is 2.68. The molecule has 1 unspecified atom stereocenters. The molecule has 0 saturated heterocycles. The molecular weight excluding hydrogens is 310 g/mol. The van der Waals surface area contributed by atoms with Crippen LogP contribution in [0.2, 0.25) is 0 Å². The summed E-state index contributed by atoms with van der Waals surface area (Å²) in [5, 5.41) is 17.8. The zero-order valence-electron chi connectivity index (χ0n) is 11.1. The van der Waals surface area contributed by atoms with Crippen molar-refractivity contribution in [2.24, 2.45) is 7.05 Å². The Morgan fingerprint density at radius 1 is 1.42 bits per heavy atom. The topological polar surface area (TPSA) is 60.2 Å². The number of aliphatic hydroxyl groups is 1. The first-order valence-electron chi connectivity index (χ1n) is 5.94. The maximum atomic E-state index is 9.75. The molecule has 6 heteroatoms. The monoisotopic (exact) mass is 325 g/mol. The van der Waals surface area contributed by atoms with Crippen LogP contribution >= 0.6 is 15.9 Å². The Hall–Kier alpha value is -1.40. The molecule has 0 aliphatic heterocycles. The molecule has 0 bridgehead atoms. The number of benzene rings is 1. The Morgan fingerprint density at radius 3 is 2.74 bits per heavy atom. The van der Waals surface area contributed by atoms with Gasteiger partial charge in [-0.05, 0) is 32.0 Å². The number of rotatable bonds is 4. The first-order chi connectivity index (χ1) is 8.99. The van der Waals surface area contributed by atoms with Gasteiger partial charge >= 0.3 is 0 Å². The van der Waals surface area contributed by atoms with E-state index in [-0.39, 0.29) is 0 Å². The maximum Gasteiger partial charge on any atom is 0.170 e. The van der Waals surface area contributed by atoms with E-state index in [0.29, 0.717) is 12.4 Å². The fourth-order valence-electron chi connectivity index (χ4n) is 1.70. The van der Waals surface area contributed by atoms with E-state index in [9.17, 15) is 5.11 Å². The molecule has 0 aliphatic rings. The molecule has 1 aromatic heterocycles. The Kier molecular flexibility index (Phi) is 4.21. The Labute approximate surface area is 120 Å². The lowest BCUT2D eigenvalue weighted by molar-refractivity contribution is 0.189. The Morgan fingerprint density at radius 2 is 2.16 bits per heavy atom. The summed E-state index contributed by atoms with van der Waals surface area (Å²) in [7, 11) is 1.89. The van der Waals surface area contributed by atoms with Crippen LogP contribution in [-0.4, -0.2) is 19.9 Å². The van der Waals surface area contributed by atoms with Gasteiger partial charge in [0.2, 0.25) is 0 Å². The van der Waals surface area contributed by atoms with Crippen molar-refractivity contribution in [2.45, 2.75) is 26.6 Å². The first-order valence-corrected chi connectivity index (χ1v) is 6.73. The number of nitrogens with zero attached hydrogens (tertiary/aromatic N) is 3. The fourth-order valence-corrected chi connectivity index (χ4v) is 2.08. The van der Waals surface area contributed by atoms with Crippen molar-refractivity contribution < 1.29 is 9.84 Å². The number of aliphatic hydroxyl groups excluding tert-OH is 1. The molecule has 0 radical (unpaired) electrons. The molecule has 5 nitrogen and oxygen atoms in total. The second-order valence-corrected chi connectivity index (χ2v) is 5.28. The SMILES string of the molecule is Cc1nnc(COc2ccc(Br)cc2C(C)O)n1C.